The smallest absolute Gasteiger partial charge is 0.311 e. The highest BCUT2D eigenvalue weighted by molar-refractivity contribution is 14.1. The molecule has 0 unspecified atom stereocenters. The monoisotopic (exact) mass is 411 g/mol. The van der Waals surface area contributed by atoms with E-state index in [2.05, 4.69) is 33.1 Å². The van der Waals surface area contributed by atoms with Gasteiger partial charge < -0.3 is 5.11 Å². The molecule has 0 saturated heterocycles. The summed E-state index contributed by atoms with van der Waals surface area (Å²) in [7, 11) is 0. The number of nitrogens with zero attached hydrogens (tertiary/aromatic N) is 2. The number of nitro groups is 1. The van der Waals surface area contributed by atoms with Gasteiger partial charge in [-0.05, 0) is 52.9 Å². The number of amides is 1. The summed E-state index contributed by atoms with van der Waals surface area (Å²) >= 11 is 2.09. The molecule has 0 aliphatic heterocycles. The molecule has 0 saturated carbocycles. The van der Waals surface area contributed by atoms with Crippen molar-refractivity contribution in [3.05, 3.63) is 67.3 Å². The van der Waals surface area contributed by atoms with Crippen LogP contribution in [0, 0.1) is 13.7 Å². The summed E-state index contributed by atoms with van der Waals surface area (Å²) in [4.78, 5) is 21.8. The Kier molecular flexibility index (Phi) is 5.04. The lowest BCUT2D eigenvalue weighted by Gasteiger charge is -2.00. The Bertz CT molecular complexity index is 762. The van der Waals surface area contributed by atoms with Gasteiger partial charge >= 0.3 is 5.69 Å². The van der Waals surface area contributed by atoms with E-state index in [1.807, 2.05) is 6.07 Å². The molecular formula is C14H10IN3O4. The normalized spacial score (nSPS) is 10.6. The molecule has 2 rings (SSSR count). The van der Waals surface area contributed by atoms with E-state index in [4.69, 9.17) is 0 Å². The first-order chi connectivity index (χ1) is 10.5. The van der Waals surface area contributed by atoms with Crippen LogP contribution in [0.2, 0.25) is 0 Å². The molecule has 112 valence electrons. The van der Waals surface area contributed by atoms with E-state index in [0.717, 1.165) is 9.64 Å². The summed E-state index contributed by atoms with van der Waals surface area (Å²) in [6.07, 6.45) is 1.26. The van der Waals surface area contributed by atoms with Gasteiger partial charge in [-0.3, -0.25) is 14.9 Å². The summed E-state index contributed by atoms with van der Waals surface area (Å²) in [5, 5.41) is 23.8. The van der Waals surface area contributed by atoms with Crippen molar-refractivity contribution in [2.24, 2.45) is 5.10 Å². The van der Waals surface area contributed by atoms with Crippen LogP contribution in [0.25, 0.3) is 0 Å². The molecule has 2 aromatic rings. The topological polar surface area (TPSA) is 105 Å². The zero-order valence-corrected chi connectivity index (χ0v) is 13.2. The number of nitrogens with one attached hydrogen (secondary N) is 1. The van der Waals surface area contributed by atoms with E-state index >= 15 is 0 Å². The number of halogens is 1. The second kappa shape index (κ2) is 6.98. The average Bonchev–Trinajstić information content (AvgIpc) is 2.48. The summed E-state index contributed by atoms with van der Waals surface area (Å²) < 4.78 is 0.920. The van der Waals surface area contributed by atoms with Crippen molar-refractivity contribution in [3.8, 4) is 5.75 Å². The Morgan fingerprint density at radius 1 is 1.32 bits per heavy atom. The predicted octanol–water partition coefficient (Wildman–Crippen LogP) is 2.67. The first-order valence-electron chi connectivity index (χ1n) is 6.04. The van der Waals surface area contributed by atoms with E-state index in [1.54, 1.807) is 18.2 Å². The van der Waals surface area contributed by atoms with Gasteiger partial charge in [0.2, 0.25) is 0 Å². The number of carbonyl (C=O) groups is 1. The van der Waals surface area contributed by atoms with Crippen LogP contribution in [0.1, 0.15) is 15.9 Å². The third-order valence-corrected chi connectivity index (χ3v) is 3.33. The standard InChI is InChI=1S/C14H10IN3O4/c15-11-3-1-2-10(7-11)14(20)17-16-8-9-4-5-13(19)12(6-9)18(21)22/h1-8,19H,(H,17,20)/b16-8-. The van der Waals surface area contributed by atoms with Crippen LogP contribution in [0.5, 0.6) is 5.75 Å². The van der Waals surface area contributed by atoms with Gasteiger partial charge in [-0.15, -0.1) is 0 Å². The van der Waals surface area contributed by atoms with Crippen LogP contribution in [0.15, 0.2) is 47.6 Å². The third kappa shape index (κ3) is 4.01. The van der Waals surface area contributed by atoms with Crippen LogP contribution in [-0.4, -0.2) is 22.2 Å². The number of benzene rings is 2. The molecule has 0 aromatic heterocycles. The fraction of sp³-hybridized carbons (Fsp3) is 0. The zero-order chi connectivity index (χ0) is 16.1. The molecule has 0 fully saturated rings. The van der Waals surface area contributed by atoms with Gasteiger partial charge in [0.05, 0.1) is 11.1 Å². The summed E-state index contributed by atoms with van der Waals surface area (Å²) in [5.41, 5.74) is 2.75. The Balaban J connectivity index is 2.08. The SMILES string of the molecule is O=C(N/N=C\c1ccc(O)c([N+](=O)[O-])c1)c1cccc(I)c1. The second-order valence-corrected chi connectivity index (χ2v) is 5.46. The quantitative estimate of drug-likeness (QED) is 0.349. The minimum absolute atomic E-state index is 0.382. The number of rotatable bonds is 4. The molecule has 0 radical (unpaired) electrons. The van der Waals surface area contributed by atoms with Gasteiger partial charge in [-0.1, -0.05) is 6.07 Å². The maximum Gasteiger partial charge on any atom is 0.311 e. The predicted molar refractivity (Wildman–Crippen MR) is 89.0 cm³/mol. The first-order valence-corrected chi connectivity index (χ1v) is 7.11. The average molecular weight is 411 g/mol. The van der Waals surface area contributed by atoms with Crippen LogP contribution < -0.4 is 5.43 Å². The number of hydrogen-bond acceptors (Lipinski definition) is 5. The largest absolute Gasteiger partial charge is 0.502 e. The number of phenolic OH excluding ortho intramolecular Hbond substituents is 1. The molecule has 7 nitrogen and oxygen atoms in total. The zero-order valence-electron chi connectivity index (χ0n) is 11.1. The molecular weight excluding hydrogens is 401 g/mol. The lowest BCUT2D eigenvalue weighted by Crippen LogP contribution is -2.17. The summed E-state index contributed by atoms with van der Waals surface area (Å²) in [6, 6.07) is 10.8. The molecule has 0 bridgehead atoms. The van der Waals surface area contributed by atoms with Crippen molar-refractivity contribution < 1.29 is 14.8 Å². The van der Waals surface area contributed by atoms with Crippen molar-refractivity contribution in [1.29, 1.82) is 0 Å². The van der Waals surface area contributed by atoms with E-state index in [0.29, 0.717) is 11.1 Å². The minimum Gasteiger partial charge on any atom is -0.502 e. The maximum atomic E-state index is 11.8. The molecule has 2 N–H and O–H groups in total. The van der Waals surface area contributed by atoms with E-state index in [9.17, 15) is 20.0 Å². The number of carbonyl (C=O) groups excluding carboxylic acids is 1. The molecule has 22 heavy (non-hydrogen) atoms. The van der Waals surface area contributed by atoms with Crippen LogP contribution in [-0.2, 0) is 0 Å². The van der Waals surface area contributed by atoms with Crippen molar-refractivity contribution in [3.63, 3.8) is 0 Å². The van der Waals surface area contributed by atoms with Crippen LogP contribution in [0.4, 0.5) is 5.69 Å². The Morgan fingerprint density at radius 2 is 2.09 bits per heavy atom. The second-order valence-electron chi connectivity index (χ2n) is 4.21. The third-order valence-electron chi connectivity index (χ3n) is 2.66. The molecule has 8 heteroatoms. The number of phenols is 1. The van der Waals surface area contributed by atoms with Crippen molar-refractivity contribution in [1.82, 2.24) is 5.43 Å². The molecule has 0 aliphatic carbocycles. The van der Waals surface area contributed by atoms with E-state index in [-0.39, 0.29) is 5.91 Å². The lowest BCUT2D eigenvalue weighted by molar-refractivity contribution is -0.385. The minimum atomic E-state index is -0.697. The highest BCUT2D eigenvalue weighted by atomic mass is 127. The first kappa shape index (κ1) is 15.9. The van der Waals surface area contributed by atoms with E-state index in [1.165, 1.54) is 18.3 Å². The molecule has 0 atom stereocenters. The molecule has 1 amide bonds. The van der Waals surface area contributed by atoms with Crippen molar-refractivity contribution in [2.75, 3.05) is 0 Å². The van der Waals surface area contributed by atoms with Gasteiger partial charge in [-0.25, -0.2) is 5.43 Å². The Hall–Kier alpha value is -2.49. The van der Waals surface area contributed by atoms with Gasteiger partial charge in [0.1, 0.15) is 0 Å². The lowest BCUT2D eigenvalue weighted by atomic mass is 10.2. The molecule has 0 spiro atoms. The maximum absolute atomic E-state index is 11.8. The van der Waals surface area contributed by atoms with Crippen molar-refractivity contribution >= 4 is 40.4 Å². The van der Waals surface area contributed by atoms with Gasteiger partial charge in [-0.2, -0.15) is 5.10 Å². The van der Waals surface area contributed by atoms with Crippen LogP contribution in [0.3, 0.4) is 0 Å². The molecule has 0 heterocycles. The summed E-state index contributed by atoms with van der Waals surface area (Å²) in [5.74, 6) is -0.812. The van der Waals surface area contributed by atoms with Gasteiger partial charge in [0.15, 0.2) is 5.75 Å². The number of nitro benzene ring substituents is 1. The highest BCUT2D eigenvalue weighted by Crippen LogP contribution is 2.25. The van der Waals surface area contributed by atoms with Gasteiger partial charge in [0, 0.05) is 20.8 Å². The fourth-order valence-electron chi connectivity index (χ4n) is 1.63. The fourth-order valence-corrected chi connectivity index (χ4v) is 2.17. The van der Waals surface area contributed by atoms with E-state index < -0.39 is 16.4 Å². The summed E-state index contributed by atoms with van der Waals surface area (Å²) in [6.45, 7) is 0. The number of aromatic hydroxyl groups is 1. The number of hydrazone groups is 1. The number of hydrogen-bond donors (Lipinski definition) is 2. The Labute approximate surface area is 139 Å². The van der Waals surface area contributed by atoms with Crippen molar-refractivity contribution in [2.45, 2.75) is 0 Å². The van der Waals surface area contributed by atoms with Crippen LogP contribution >= 0.6 is 22.6 Å². The van der Waals surface area contributed by atoms with Gasteiger partial charge in [0.25, 0.3) is 5.91 Å². The molecule has 2 aromatic carbocycles. The Morgan fingerprint density at radius 3 is 2.77 bits per heavy atom. The molecule has 0 aliphatic rings. The highest BCUT2D eigenvalue weighted by Gasteiger charge is 2.12.